The lowest BCUT2D eigenvalue weighted by atomic mass is 9.95. The van der Waals surface area contributed by atoms with Crippen LogP contribution in [0.2, 0.25) is 0 Å². The minimum absolute atomic E-state index is 0.205. The topological polar surface area (TPSA) is 62.2 Å². The summed E-state index contributed by atoms with van der Waals surface area (Å²) in [4.78, 5) is 16.3. The van der Waals surface area contributed by atoms with Crippen LogP contribution in [0.5, 0.6) is 0 Å². The lowest BCUT2D eigenvalue weighted by Crippen LogP contribution is -2.11. The molecule has 3 aromatic carbocycles. The number of aromatic carboxylic acids is 1. The molecule has 5 heteroatoms. The largest absolute Gasteiger partial charge is 0.478 e. The van der Waals surface area contributed by atoms with E-state index in [0.717, 1.165) is 33.2 Å². The van der Waals surface area contributed by atoms with E-state index in [9.17, 15) is 14.3 Å². The van der Waals surface area contributed by atoms with Crippen LogP contribution in [-0.2, 0) is 0 Å². The molecule has 32 heavy (non-hydrogen) atoms. The molecule has 1 atom stereocenters. The highest BCUT2D eigenvalue weighted by Crippen LogP contribution is 2.33. The molecule has 0 radical (unpaired) electrons. The molecule has 4 nitrogen and oxygen atoms in total. The van der Waals surface area contributed by atoms with Crippen LogP contribution in [0.3, 0.4) is 0 Å². The number of benzene rings is 3. The molecule has 1 aromatic heterocycles. The molecule has 1 unspecified atom stereocenters. The Hall–Kier alpha value is -4.17. The molecule has 0 aliphatic rings. The van der Waals surface area contributed by atoms with E-state index in [2.05, 4.69) is 17.3 Å². The molecule has 0 amide bonds. The Bertz CT molecular complexity index is 1370. The predicted molar refractivity (Wildman–Crippen MR) is 125 cm³/mol. The smallest absolute Gasteiger partial charge is 0.337 e. The Morgan fingerprint density at radius 2 is 1.84 bits per heavy atom. The summed E-state index contributed by atoms with van der Waals surface area (Å²) in [6, 6.07) is 18.7. The Labute approximate surface area is 185 Å². The van der Waals surface area contributed by atoms with Crippen molar-refractivity contribution in [3.63, 3.8) is 0 Å². The minimum atomic E-state index is -0.992. The Morgan fingerprint density at radius 3 is 2.53 bits per heavy atom. The number of anilines is 1. The average Bonchev–Trinajstić information content (AvgIpc) is 2.78. The van der Waals surface area contributed by atoms with E-state index in [4.69, 9.17) is 11.4 Å². The minimum Gasteiger partial charge on any atom is -0.478 e. The van der Waals surface area contributed by atoms with E-state index >= 15 is 0 Å². The molecule has 0 spiro atoms. The van der Waals surface area contributed by atoms with Crippen molar-refractivity contribution < 1.29 is 14.3 Å². The van der Waals surface area contributed by atoms with Crippen molar-refractivity contribution >= 4 is 22.6 Å². The number of nitrogens with zero attached hydrogens (tertiary/aromatic N) is 1. The van der Waals surface area contributed by atoms with Gasteiger partial charge in [-0.3, -0.25) is 0 Å². The molecular formula is C27H21FN2O2. The fourth-order valence-electron chi connectivity index (χ4n) is 3.87. The summed E-state index contributed by atoms with van der Waals surface area (Å²) in [6.45, 7) is 3.95. The predicted octanol–water partition coefficient (Wildman–Crippen LogP) is 6.20. The molecule has 0 saturated heterocycles. The lowest BCUT2D eigenvalue weighted by Gasteiger charge is -2.20. The highest BCUT2D eigenvalue weighted by molar-refractivity contribution is 5.94. The van der Waals surface area contributed by atoms with Crippen LogP contribution in [0.15, 0.2) is 66.7 Å². The highest BCUT2D eigenvalue weighted by atomic mass is 19.1. The van der Waals surface area contributed by atoms with E-state index in [0.29, 0.717) is 11.4 Å². The van der Waals surface area contributed by atoms with Crippen LogP contribution in [0.1, 0.15) is 40.1 Å². The number of hydrogen-bond donors (Lipinski definition) is 2. The maximum absolute atomic E-state index is 13.4. The van der Waals surface area contributed by atoms with E-state index in [1.807, 2.05) is 26.0 Å². The molecule has 1 heterocycles. The van der Waals surface area contributed by atoms with Gasteiger partial charge in [-0.25, -0.2) is 14.2 Å². The summed E-state index contributed by atoms with van der Waals surface area (Å²) in [7, 11) is 0. The third kappa shape index (κ3) is 4.03. The summed E-state index contributed by atoms with van der Waals surface area (Å²) in [5.41, 5.74) is 5.46. The number of pyridine rings is 1. The van der Waals surface area contributed by atoms with Crippen molar-refractivity contribution in [2.75, 3.05) is 5.32 Å². The number of aryl methyl sites for hydroxylation is 1. The van der Waals surface area contributed by atoms with Crippen LogP contribution in [0.25, 0.3) is 22.0 Å². The second-order valence-corrected chi connectivity index (χ2v) is 7.67. The molecule has 0 bridgehead atoms. The van der Waals surface area contributed by atoms with Gasteiger partial charge >= 0.3 is 5.97 Å². The van der Waals surface area contributed by atoms with Crippen LogP contribution in [0.4, 0.5) is 10.1 Å². The second-order valence-electron chi connectivity index (χ2n) is 7.67. The van der Waals surface area contributed by atoms with Gasteiger partial charge in [0.2, 0.25) is 0 Å². The highest BCUT2D eigenvalue weighted by Gasteiger charge is 2.17. The molecule has 158 valence electrons. The van der Waals surface area contributed by atoms with Crippen molar-refractivity contribution in [2.24, 2.45) is 0 Å². The molecule has 0 saturated carbocycles. The zero-order valence-corrected chi connectivity index (χ0v) is 17.7. The zero-order valence-electron chi connectivity index (χ0n) is 17.7. The van der Waals surface area contributed by atoms with Crippen LogP contribution in [0, 0.1) is 25.1 Å². The number of terminal acetylenes is 1. The van der Waals surface area contributed by atoms with Crippen molar-refractivity contribution in [3.8, 4) is 23.5 Å². The summed E-state index contributed by atoms with van der Waals surface area (Å²) < 4.78 is 13.4. The Morgan fingerprint density at radius 1 is 1.12 bits per heavy atom. The van der Waals surface area contributed by atoms with Crippen LogP contribution < -0.4 is 5.32 Å². The number of carboxylic acid groups (broad SMARTS) is 1. The Kier molecular flexibility index (Phi) is 5.61. The van der Waals surface area contributed by atoms with Crippen molar-refractivity contribution in [3.05, 3.63) is 94.9 Å². The number of halogens is 1. The van der Waals surface area contributed by atoms with E-state index in [1.165, 1.54) is 12.1 Å². The fourth-order valence-corrected chi connectivity index (χ4v) is 3.87. The summed E-state index contributed by atoms with van der Waals surface area (Å²) in [5, 5.41) is 13.7. The number of hydrogen-bond acceptors (Lipinski definition) is 3. The van der Waals surface area contributed by atoms with Gasteiger partial charge in [0.05, 0.1) is 11.1 Å². The van der Waals surface area contributed by atoms with Crippen molar-refractivity contribution in [2.45, 2.75) is 19.9 Å². The lowest BCUT2D eigenvalue weighted by molar-refractivity contribution is 0.0698. The first kappa shape index (κ1) is 21.1. The average molecular weight is 424 g/mol. The molecule has 0 fully saturated rings. The van der Waals surface area contributed by atoms with Crippen molar-refractivity contribution in [1.82, 2.24) is 4.98 Å². The summed E-state index contributed by atoms with van der Waals surface area (Å²) in [6.07, 6.45) is 5.74. The molecule has 4 aromatic rings. The number of para-hydroxylation sites is 1. The first-order valence-electron chi connectivity index (χ1n) is 10.1. The number of carboxylic acids is 1. The van der Waals surface area contributed by atoms with E-state index in [1.54, 1.807) is 36.4 Å². The van der Waals surface area contributed by atoms with Gasteiger partial charge in [0.1, 0.15) is 11.5 Å². The zero-order chi connectivity index (χ0) is 22.8. The SMILES string of the molecule is C#Cc1nc2cc(C)cc(C(C)Nc3ccccc3C(=O)O)c2cc1-c1ccc(F)cc1. The number of fused-ring (bicyclic) bond motifs is 1. The Balaban J connectivity index is 1.86. The quantitative estimate of drug-likeness (QED) is 0.374. The monoisotopic (exact) mass is 424 g/mol. The van der Waals surface area contributed by atoms with Crippen LogP contribution >= 0.6 is 0 Å². The van der Waals surface area contributed by atoms with Gasteiger partial charge in [-0.2, -0.15) is 0 Å². The van der Waals surface area contributed by atoms with Gasteiger partial charge in [0.15, 0.2) is 0 Å². The molecule has 0 aliphatic heterocycles. The first-order valence-corrected chi connectivity index (χ1v) is 10.1. The van der Waals surface area contributed by atoms with E-state index in [-0.39, 0.29) is 17.4 Å². The number of nitrogens with one attached hydrogen (secondary N) is 1. The molecule has 0 aliphatic carbocycles. The summed E-state index contributed by atoms with van der Waals surface area (Å²) >= 11 is 0. The second kappa shape index (κ2) is 8.52. The van der Waals surface area contributed by atoms with Gasteiger partial charge in [-0.1, -0.05) is 30.3 Å². The number of rotatable bonds is 5. The maximum Gasteiger partial charge on any atom is 0.337 e. The van der Waals surface area contributed by atoms with Crippen molar-refractivity contribution in [1.29, 1.82) is 0 Å². The maximum atomic E-state index is 13.4. The fraction of sp³-hybridized carbons (Fsp3) is 0.111. The molecule has 4 rings (SSSR count). The molecular weight excluding hydrogens is 403 g/mol. The standard InChI is InChI=1S/C27H21FN2O2/c1-4-24-22(18-9-11-19(28)12-10-18)15-23-21(13-16(2)14-26(23)30-24)17(3)29-25-8-6-5-7-20(25)27(31)32/h1,5-15,17,29H,2-3H3,(H,31,32). The normalized spacial score (nSPS) is 11.7. The third-order valence-electron chi connectivity index (χ3n) is 5.40. The third-order valence-corrected chi connectivity index (χ3v) is 5.40. The van der Waals surface area contributed by atoms with E-state index < -0.39 is 5.97 Å². The molecule has 2 N–H and O–H groups in total. The van der Waals surface area contributed by atoms with Gasteiger partial charge in [-0.05, 0) is 72.9 Å². The van der Waals surface area contributed by atoms with Gasteiger partial charge in [0.25, 0.3) is 0 Å². The van der Waals surface area contributed by atoms with Crippen LogP contribution in [-0.4, -0.2) is 16.1 Å². The van der Waals surface area contributed by atoms with Gasteiger partial charge < -0.3 is 10.4 Å². The van der Waals surface area contributed by atoms with Gasteiger partial charge in [-0.15, -0.1) is 6.42 Å². The number of carbonyl (C=O) groups is 1. The van der Waals surface area contributed by atoms with Gasteiger partial charge in [0, 0.05) is 22.7 Å². The first-order chi connectivity index (χ1) is 15.4. The summed E-state index contributed by atoms with van der Waals surface area (Å²) in [5.74, 6) is 1.33. The number of aromatic nitrogens is 1.